The highest BCUT2D eigenvalue weighted by Gasteiger charge is 2.30. The normalized spacial score (nSPS) is 23.5. The van der Waals surface area contributed by atoms with Crippen LogP contribution in [0.1, 0.15) is 39.0 Å². The summed E-state index contributed by atoms with van der Waals surface area (Å²) in [7, 11) is -1.10. The molecule has 0 aliphatic carbocycles. The molecule has 1 N–H and O–H groups in total. The van der Waals surface area contributed by atoms with Gasteiger partial charge < -0.3 is 5.32 Å². The molecule has 0 aromatic carbocycles. The van der Waals surface area contributed by atoms with Crippen molar-refractivity contribution in [2.45, 2.75) is 45.1 Å². The molecule has 1 atom stereocenters. The van der Waals surface area contributed by atoms with E-state index in [9.17, 15) is 8.42 Å². The SMILES string of the molecule is CCCS(=O)(=O)N1CCCCC1CCNC. The number of piperidine rings is 1. The lowest BCUT2D eigenvalue weighted by atomic mass is 10.0. The van der Waals surface area contributed by atoms with Crippen LogP contribution in [-0.2, 0) is 10.0 Å². The Morgan fingerprint density at radius 1 is 1.38 bits per heavy atom. The summed E-state index contributed by atoms with van der Waals surface area (Å²) in [6.45, 7) is 3.53. The minimum atomic E-state index is -3.01. The van der Waals surface area contributed by atoms with Crippen molar-refractivity contribution in [3.05, 3.63) is 0 Å². The summed E-state index contributed by atoms with van der Waals surface area (Å²) in [5.41, 5.74) is 0. The van der Waals surface area contributed by atoms with Crippen LogP contribution in [0.4, 0.5) is 0 Å². The van der Waals surface area contributed by atoms with Gasteiger partial charge in [0.05, 0.1) is 5.75 Å². The molecule has 1 heterocycles. The van der Waals surface area contributed by atoms with Crippen LogP contribution in [0, 0.1) is 0 Å². The summed E-state index contributed by atoms with van der Waals surface area (Å²) in [4.78, 5) is 0. The van der Waals surface area contributed by atoms with E-state index in [-0.39, 0.29) is 6.04 Å². The first-order chi connectivity index (χ1) is 7.61. The van der Waals surface area contributed by atoms with E-state index in [1.807, 2.05) is 14.0 Å². The highest BCUT2D eigenvalue weighted by molar-refractivity contribution is 7.89. The first-order valence-electron chi connectivity index (χ1n) is 6.26. The Balaban J connectivity index is 2.65. The predicted molar refractivity (Wildman–Crippen MR) is 67.0 cm³/mol. The molecule has 96 valence electrons. The molecule has 0 radical (unpaired) electrons. The Kier molecular flexibility index (Phi) is 5.72. The van der Waals surface area contributed by atoms with Crippen molar-refractivity contribution in [1.29, 1.82) is 0 Å². The van der Waals surface area contributed by atoms with Gasteiger partial charge in [-0.1, -0.05) is 13.3 Å². The quantitative estimate of drug-likeness (QED) is 0.768. The standard InChI is InChI=1S/C11H24N2O2S/c1-3-10-16(14,15)13-9-5-4-6-11(13)7-8-12-2/h11-12H,3-10H2,1-2H3. The molecule has 1 saturated heterocycles. The Morgan fingerprint density at radius 2 is 2.12 bits per heavy atom. The molecule has 4 nitrogen and oxygen atoms in total. The van der Waals surface area contributed by atoms with Crippen LogP contribution in [0.25, 0.3) is 0 Å². The zero-order valence-corrected chi connectivity index (χ0v) is 11.2. The Morgan fingerprint density at radius 3 is 2.75 bits per heavy atom. The Bertz CT molecular complexity index is 290. The summed E-state index contributed by atoms with van der Waals surface area (Å²) in [6, 6.07) is 0.220. The zero-order chi connectivity index (χ0) is 12.0. The van der Waals surface area contributed by atoms with Gasteiger partial charge in [0.1, 0.15) is 0 Å². The van der Waals surface area contributed by atoms with Crippen molar-refractivity contribution in [3.63, 3.8) is 0 Å². The van der Waals surface area contributed by atoms with Crippen molar-refractivity contribution in [3.8, 4) is 0 Å². The lowest BCUT2D eigenvalue weighted by Crippen LogP contribution is -2.45. The van der Waals surface area contributed by atoms with Crippen molar-refractivity contribution in [2.75, 3.05) is 25.9 Å². The molecule has 5 heteroatoms. The zero-order valence-electron chi connectivity index (χ0n) is 10.4. The third-order valence-electron chi connectivity index (χ3n) is 3.12. The third-order valence-corrected chi connectivity index (χ3v) is 5.24. The lowest BCUT2D eigenvalue weighted by Gasteiger charge is -2.34. The van der Waals surface area contributed by atoms with Crippen molar-refractivity contribution in [2.24, 2.45) is 0 Å². The molecular weight excluding hydrogens is 224 g/mol. The molecule has 1 aliphatic heterocycles. The summed E-state index contributed by atoms with van der Waals surface area (Å²) < 4.78 is 25.9. The van der Waals surface area contributed by atoms with E-state index in [4.69, 9.17) is 0 Å². The van der Waals surface area contributed by atoms with Gasteiger partial charge in [0.2, 0.25) is 10.0 Å². The van der Waals surface area contributed by atoms with Crippen LogP contribution in [0.3, 0.4) is 0 Å². The molecule has 1 rings (SSSR count). The fraction of sp³-hybridized carbons (Fsp3) is 1.00. The van der Waals surface area contributed by atoms with Gasteiger partial charge in [-0.05, 0) is 39.3 Å². The predicted octanol–water partition coefficient (Wildman–Crippen LogP) is 1.19. The fourth-order valence-electron chi connectivity index (χ4n) is 2.31. The van der Waals surface area contributed by atoms with Crippen molar-refractivity contribution >= 4 is 10.0 Å². The maximum absolute atomic E-state index is 12.1. The average molecular weight is 248 g/mol. The molecule has 0 bridgehead atoms. The van der Waals surface area contributed by atoms with Gasteiger partial charge in [0.25, 0.3) is 0 Å². The number of hydrogen-bond acceptors (Lipinski definition) is 3. The summed E-state index contributed by atoms with van der Waals surface area (Å²) in [5, 5.41) is 3.10. The molecule has 0 saturated carbocycles. The number of hydrogen-bond donors (Lipinski definition) is 1. The number of nitrogens with zero attached hydrogens (tertiary/aromatic N) is 1. The molecular formula is C11H24N2O2S. The van der Waals surface area contributed by atoms with E-state index in [0.717, 1.165) is 38.8 Å². The lowest BCUT2D eigenvalue weighted by molar-refractivity contribution is 0.240. The fourth-order valence-corrected chi connectivity index (χ4v) is 4.14. The first-order valence-corrected chi connectivity index (χ1v) is 7.87. The summed E-state index contributed by atoms with van der Waals surface area (Å²) in [5.74, 6) is 0.295. The molecule has 1 aliphatic rings. The van der Waals surface area contributed by atoms with Gasteiger partial charge in [0, 0.05) is 12.6 Å². The molecule has 0 aromatic heterocycles. The largest absolute Gasteiger partial charge is 0.320 e. The topological polar surface area (TPSA) is 49.4 Å². The number of nitrogens with one attached hydrogen (secondary N) is 1. The number of rotatable bonds is 6. The van der Waals surface area contributed by atoms with Crippen LogP contribution < -0.4 is 5.32 Å². The van der Waals surface area contributed by atoms with Crippen LogP contribution in [0.15, 0.2) is 0 Å². The van der Waals surface area contributed by atoms with E-state index in [2.05, 4.69) is 5.32 Å². The van der Waals surface area contributed by atoms with E-state index in [1.54, 1.807) is 4.31 Å². The Hall–Kier alpha value is -0.130. The second kappa shape index (κ2) is 6.57. The number of sulfonamides is 1. The molecule has 16 heavy (non-hydrogen) atoms. The summed E-state index contributed by atoms with van der Waals surface area (Å²) in [6.07, 6.45) is 4.83. The van der Waals surface area contributed by atoms with Crippen molar-refractivity contribution in [1.82, 2.24) is 9.62 Å². The second-order valence-corrected chi connectivity index (χ2v) is 6.51. The molecule has 1 unspecified atom stereocenters. The van der Waals surface area contributed by atoms with E-state index in [0.29, 0.717) is 12.2 Å². The second-order valence-electron chi connectivity index (χ2n) is 4.47. The first kappa shape index (κ1) is 13.9. The summed E-state index contributed by atoms with van der Waals surface area (Å²) >= 11 is 0. The van der Waals surface area contributed by atoms with Gasteiger partial charge in [-0.3, -0.25) is 0 Å². The minimum absolute atomic E-state index is 0.220. The maximum Gasteiger partial charge on any atom is 0.214 e. The highest BCUT2D eigenvalue weighted by atomic mass is 32.2. The molecule has 0 spiro atoms. The molecule has 0 amide bonds. The maximum atomic E-state index is 12.1. The molecule has 1 fully saturated rings. The van der Waals surface area contributed by atoms with Crippen LogP contribution in [0.5, 0.6) is 0 Å². The van der Waals surface area contributed by atoms with Gasteiger partial charge in [-0.25, -0.2) is 8.42 Å². The van der Waals surface area contributed by atoms with Crippen LogP contribution >= 0.6 is 0 Å². The molecule has 0 aromatic rings. The van der Waals surface area contributed by atoms with E-state index in [1.165, 1.54) is 0 Å². The Labute approximate surface area is 99.5 Å². The van der Waals surface area contributed by atoms with Gasteiger partial charge in [-0.15, -0.1) is 0 Å². The highest BCUT2D eigenvalue weighted by Crippen LogP contribution is 2.23. The van der Waals surface area contributed by atoms with E-state index >= 15 is 0 Å². The third kappa shape index (κ3) is 3.71. The minimum Gasteiger partial charge on any atom is -0.320 e. The van der Waals surface area contributed by atoms with Gasteiger partial charge >= 0.3 is 0 Å². The van der Waals surface area contributed by atoms with Gasteiger partial charge in [-0.2, -0.15) is 4.31 Å². The van der Waals surface area contributed by atoms with Gasteiger partial charge in [0.15, 0.2) is 0 Å². The van der Waals surface area contributed by atoms with Crippen LogP contribution in [0.2, 0.25) is 0 Å². The monoisotopic (exact) mass is 248 g/mol. The average Bonchev–Trinajstić information content (AvgIpc) is 2.26. The smallest absolute Gasteiger partial charge is 0.214 e. The van der Waals surface area contributed by atoms with Crippen molar-refractivity contribution < 1.29 is 8.42 Å². The van der Waals surface area contributed by atoms with E-state index < -0.39 is 10.0 Å². The van der Waals surface area contributed by atoms with Crippen LogP contribution in [-0.4, -0.2) is 44.7 Å².